The summed E-state index contributed by atoms with van der Waals surface area (Å²) in [6.07, 6.45) is 4.61. The quantitative estimate of drug-likeness (QED) is 0.712. The Morgan fingerprint density at radius 1 is 0.926 bits per heavy atom. The van der Waals surface area contributed by atoms with Crippen LogP contribution < -0.4 is 9.47 Å². The standard InChI is InChI=1S/C24H26O3/c1-16-19(14-13-18-9-5-7-11-23(18)26-3)17(2)22(25)15-21(16)20-10-6-8-12-24(20)27-4/h5-14,16,21H,15H2,1-4H3/b14-13+. The number of allylic oxidation sites excluding steroid dienone is 3. The molecule has 0 spiro atoms. The van der Waals surface area contributed by atoms with Crippen LogP contribution in [-0.4, -0.2) is 20.0 Å². The van der Waals surface area contributed by atoms with E-state index in [1.165, 1.54) is 0 Å². The number of Topliss-reactive ketones (excluding diaryl/α,β-unsaturated/α-hetero) is 1. The molecule has 0 saturated heterocycles. The lowest BCUT2D eigenvalue weighted by Gasteiger charge is -2.31. The van der Waals surface area contributed by atoms with E-state index in [0.717, 1.165) is 33.8 Å². The Morgan fingerprint density at radius 3 is 2.26 bits per heavy atom. The van der Waals surface area contributed by atoms with Gasteiger partial charge in [-0.15, -0.1) is 0 Å². The largest absolute Gasteiger partial charge is 0.496 e. The lowest BCUT2D eigenvalue weighted by atomic mass is 9.72. The minimum absolute atomic E-state index is 0.106. The van der Waals surface area contributed by atoms with E-state index in [1.807, 2.05) is 55.5 Å². The van der Waals surface area contributed by atoms with Gasteiger partial charge in [-0.25, -0.2) is 0 Å². The first-order chi connectivity index (χ1) is 13.1. The molecule has 2 aromatic carbocycles. The van der Waals surface area contributed by atoms with Crippen molar-refractivity contribution in [3.63, 3.8) is 0 Å². The molecule has 2 unspecified atom stereocenters. The van der Waals surface area contributed by atoms with E-state index in [-0.39, 0.29) is 17.6 Å². The first-order valence-corrected chi connectivity index (χ1v) is 9.24. The van der Waals surface area contributed by atoms with Gasteiger partial charge in [0.15, 0.2) is 5.78 Å². The van der Waals surface area contributed by atoms with Crippen molar-refractivity contribution in [2.45, 2.75) is 26.2 Å². The van der Waals surface area contributed by atoms with Crippen molar-refractivity contribution in [2.75, 3.05) is 14.2 Å². The SMILES string of the molecule is COc1ccccc1/C=C/C1=C(C)C(=O)CC(c2ccccc2OC)C1C. The van der Waals surface area contributed by atoms with Crippen molar-refractivity contribution in [3.05, 3.63) is 76.9 Å². The predicted octanol–water partition coefficient (Wildman–Crippen LogP) is 5.43. The van der Waals surface area contributed by atoms with Gasteiger partial charge in [0.25, 0.3) is 0 Å². The van der Waals surface area contributed by atoms with Gasteiger partial charge in [-0.05, 0) is 41.7 Å². The third-order valence-electron chi connectivity index (χ3n) is 5.47. The van der Waals surface area contributed by atoms with Gasteiger partial charge in [-0.3, -0.25) is 4.79 Å². The van der Waals surface area contributed by atoms with E-state index in [9.17, 15) is 4.79 Å². The zero-order chi connectivity index (χ0) is 19.4. The molecule has 0 saturated carbocycles. The van der Waals surface area contributed by atoms with Crippen LogP contribution in [0.1, 0.15) is 37.3 Å². The highest BCUT2D eigenvalue weighted by Gasteiger charge is 2.33. The van der Waals surface area contributed by atoms with E-state index >= 15 is 0 Å². The summed E-state index contributed by atoms with van der Waals surface area (Å²) in [6, 6.07) is 15.9. The van der Waals surface area contributed by atoms with Crippen LogP contribution in [0.15, 0.2) is 65.8 Å². The Hall–Kier alpha value is -2.81. The number of carbonyl (C=O) groups excluding carboxylic acids is 1. The number of ketones is 1. The minimum atomic E-state index is 0.106. The molecule has 140 valence electrons. The third-order valence-corrected chi connectivity index (χ3v) is 5.47. The van der Waals surface area contributed by atoms with Gasteiger partial charge in [0.05, 0.1) is 14.2 Å². The molecule has 0 N–H and O–H groups in total. The molecule has 3 rings (SSSR count). The predicted molar refractivity (Wildman–Crippen MR) is 109 cm³/mol. The summed E-state index contributed by atoms with van der Waals surface area (Å²) in [6.45, 7) is 4.12. The maximum absolute atomic E-state index is 12.7. The number of rotatable bonds is 5. The molecular weight excluding hydrogens is 336 g/mol. The highest BCUT2D eigenvalue weighted by atomic mass is 16.5. The summed E-state index contributed by atoms with van der Waals surface area (Å²) in [5.74, 6) is 2.18. The number of hydrogen-bond donors (Lipinski definition) is 0. The minimum Gasteiger partial charge on any atom is -0.496 e. The Balaban J connectivity index is 1.98. The van der Waals surface area contributed by atoms with Crippen LogP contribution in [0.2, 0.25) is 0 Å². The fraction of sp³-hybridized carbons (Fsp3) is 0.292. The summed E-state index contributed by atoms with van der Waals surface area (Å²) < 4.78 is 11.0. The van der Waals surface area contributed by atoms with Gasteiger partial charge in [-0.2, -0.15) is 0 Å². The van der Waals surface area contributed by atoms with Crippen molar-refractivity contribution < 1.29 is 14.3 Å². The Labute approximate surface area is 161 Å². The number of hydrogen-bond acceptors (Lipinski definition) is 3. The van der Waals surface area contributed by atoms with E-state index in [4.69, 9.17) is 9.47 Å². The number of ether oxygens (including phenoxy) is 2. The molecule has 3 heteroatoms. The summed E-state index contributed by atoms with van der Waals surface area (Å²) in [4.78, 5) is 12.7. The lowest BCUT2D eigenvalue weighted by molar-refractivity contribution is -0.116. The summed E-state index contributed by atoms with van der Waals surface area (Å²) in [5.41, 5.74) is 4.02. The zero-order valence-corrected chi connectivity index (χ0v) is 16.4. The van der Waals surface area contributed by atoms with Gasteiger partial charge < -0.3 is 9.47 Å². The van der Waals surface area contributed by atoms with Crippen LogP contribution >= 0.6 is 0 Å². The monoisotopic (exact) mass is 362 g/mol. The Kier molecular flexibility index (Phi) is 5.80. The molecule has 0 heterocycles. The number of benzene rings is 2. The third kappa shape index (κ3) is 3.82. The van der Waals surface area contributed by atoms with Crippen molar-refractivity contribution in [2.24, 2.45) is 5.92 Å². The van der Waals surface area contributed by atoms with Crippen LogP contribution in [0, 0.1) is 5.92 Å². The lowest BCUT2D eigenvalue weighted by Crippen LogP contribution is -2.24. The molecule has 0 amide bonds. The highest BCUT2D eigenvalue weighted by molar-refractivity contribution is 5.98. The van der Waals surface area contributed by atoms with Gasteiger partial charge in [0, 0.05) is 17.9 Å². The molecule has 1 aliphatic rings. The van der Waals surface area contributed by atoms with Crippen LogP contribution in [-0.2, 0) is 4.79 Å². The normalized spacial score (nSPS) is 20.2. The van der Waals surface area contributed by atoms with Crippen LogP contribution in [0.4, 0.5) is 0 Å². The van der Waals surface area contributed by atoms with Crippen LogP contribution in [0.3, 0.4) is 0 Å². The molecule has 27 heavy (non-hydrogen) atoms. The van der Waals surface area contributed by atoms with Crippen LogP contribution in [0.5, 0.6) is 11.5 Å². The fourth-order valence-electron chi connectivity index (χ4n) is 3.86. The van der Waals surface area contributed by atoms with Gasteiger partial charge in [-0.1, -0.05) is 55.5 Å². The number of para-hydroxylation sites is 2. The average molecular weight is 362 g/mol. The van der Waals surface area contributed by atoms with E-state index in [0.29, 0.717) is 6.42 Å². The van der Waals surface area contributed by atoms with Crippen molar-refractivity contribution in [3.8, 4) is 11.5 Å². The van der Waals surface area contributed by atoms with Gasteiger partial charge >= 0.3 is 0 Å². The molecule has 0 aromatic heterocycles. The summed E-state index contributed by atoms with van der Waals surface area (Å²) in [5, 5.41) is 0. The first kappa shape index (κ1) is 19.0. The molecule has 3 nitrogen and oxygen atoms in total. The smallest absolute Gasteiger partial charge is 0.159 e. The Bertz CT molecular complexity index is 892. The van der Waals surface area contributed by atoms with E-state index in [1.54, 1.807) is 14.2 Å². The Morgan fingerprint density at radius 2 is 1.56 bits per heavy atom. The van der Waals surface area contributed by atoms with Crippen molar-refractivity contribution in [1.29, 1.82) is 0 Å². The maximum Gasteiger partial charge on any atom is 0.159 e. The van der Waals surface area contributed by atoms with Crippen molar-refractivity contribution >= 4 is 11.9 Å². The highest BCUT2D eigenvalue weighted by Crippen LogP contribution is 2.43. The average Bonchev–Trinajstić information content (AvgIpc) is 2.71. The second-order valence-electron chi connectivity index (χ2n) is 6.92. The fourth-order valence-corrected chi connectivity index (χ4v) is 3.86. The van der Waals surface area contributed by atoms with Gasteiger partial charge in [0.1, 0.15) is 11.5 Å². The van der Waals surface area contributed by atoms with Crippen LogP contribution in [0.25, 0.3) is 6.08 Å². The molecule has 0 aliphatic heterocycles. The molecule has 0 fully saturated rings. The maximum atomic E-state index is 12.7. The molecular formula is C24H26O3. The topological polar surface area (TPSA) is 35.5 Å². The first-order valence-electron chi connectivity index (χ1n) is 9.24. The molecule has 2 aromatic rings. The van der Waals surface area contributed by atoms with E-state index < -0.39 is 0 Å². The molecule has 2 atom stereocenters. The summed E-state index contributed by atoms with van der Waals surface area (Å²) >= 11 is 0. The molecule has 0 bridgehead atoms. The second kappa shape index (κ2) is 8.26. The van der Waals surface area contributed by atoms with Gasteiger partial charge in [0.2, 0.25) is 0 Å². The zero-order valence-electron chi connectivity index (χ0n) is 16.4. The molecule has 0 radical (unpaired) electrons. The molecule has 1 aliphatic carbocycles. The summed E-state index contributed by atoms with van der Waals surface area (Å²) in [7, 11) is 3.35. The number of carbonyl (C=O) groups is 1. The van der Waals surface area contributed by atoms with Crippen molar-refractivity contribution in [1.82, 2.24) is 0 Å². The van der Waals surface area contributed by atoms with E-state index in [2.05, 4.69) is 19.1 Å². The number of methoxy groups -OCH3 is 2. The second-order valence-corrected chi connectivity index (χ2v) is 6.92.